The molecule has 402 valence electrons. The third-order valence-electron chi connectivity index (χ3n) is 13.4. The molecule has 4 aromatic heterocycles. The number of carbonyl (C=O) groups is 2. The first-order chi connectivity index (χ1) is 38.2. The number of fused-ring (bicyclic) bond motifs is 4. The lowest BCUT2D eigenvalue weighted by Gasteiger charge is -2.22. The molecule has 7 heterocycles. The molecule has 4 aromatic carbocycles. The molecule has 3 aliphatic heterocycles. The van der Waals surface area contributed by atoms with Gasteiger partial charge in [-0.1, -0.05) is 24.3 Å². The number of carbonyl (C=O) groups excluding carboxylic acids is 2. The molecule has 5 N–H and O–H groups in total. The van der Waals surface area contributed by atoms with Crippen LogP contribution in [0.2, 0.25) is 0 Å². The highest BCUT2D eigenvalue weighted by molar-refractivity contribution is 5.87. The second-order valence-corrected chi connectivity index (χ2v) is 18.9. The van der Waals surface area contributed by atoms with Gasteiger partial charge in [-0.05, 0) is 95.8 Å². The molecule has 1 saturated heterocycles. The topological polar surface area (TPSA) is 231 Å². The fourth-order valence-corrected chi connectivity index (χ4v) is 8.96. The van der Waals surface area contributed by atoms with Gasteiger partial charge in [0.2, 0.25) is 11.8 Å². The maximum atomic E-state index is 12.0. The first-order valence-electron chi connectivity index (χ1n) is 26.0. The molecule has 21 heteroatoms. The van der Waals surface area contributed by atoms with Crippen molar-refractivity contribution in [3.8, 4) is 22.5 Å². The van der Waals surface area contributed by atoms with Gasteiger partial charge in [0.25, 0.3) is 0 Å². The normalized spacial score (nSPS) is 14.2. The number of nitrogens with one attached hydrogen (secondary N) is 4. The predicted octanol–water partition coefficient (Wildman–Crippen LogP) is 7.91. The van der Waals surface area contributed by atoms with Gasteiger partial charge in [-0.15, -0.1) is 0 Å². The zero-order valence-electron chi connectivity index (χ0n) is 43.5. The Morgan fingerprint density at radius 1 is 0.667 bits per heavy atom. The SMILES string of the molecule is CN(CCOCCC(=O)NO)c1ccc(Nc2nc(-c3ccc4c(c3)CN=C4)cn3ccnc23)cc1.CN(CCOCCC(=O)NOC1CCCCO1)c1ccc(Nc2nc(-c3ccc4c(c3)CN=C4)cn3ccnc23)cc1. The molecule has 78 heavy (non-hydrogen) atoms. The van der Waals surface area contributed by atoms with Crippen molar-refractivity contribution in [2.24, 2.45) is 9.98 Å². The zero-order valence-corrected chi connectivity index (χ0v) is 43.5. The number of aromatic nitrogens is 6. The summed E-state index contributed by atoms with van der Waals surface area (Å²) >= 11 is 0. The van der Waals surface area contributed by atoms with Gasteiger partial charge in [-0.2, -0.15) is 0 Å². The van der Waals surface area contributed by atoms with E-state index >= 15 is 0 Å². The molecule has 0 spiro atoms. The molecule has 1 atom stereocenters. The Bertz CT molecular complexity index is 3390. The fraction of sp³-hybridized carbons (Fsp3) is 0.298. The van der Waals surface area contributed by atoms with Crippen LogP contribution in [-0.2, 0) is 41.7 Å². The van der Waals surface area contributed by atoms with E-state index in [9.17, 15) is 9.59 Å². The van der Waals surface area contributed by atoms with Crippen LogP contribution in [0.25, 0.3) is 33.8 Å². The Kier molecular flexibility index (Phi) is 17.3. The Hall–Kier alpha value is -8.60. The molecule has 1 fully saturated rings. The zero-order chi connectivity index (χ0) is 53.6. The summed E-state index contributed by atoms with van der Waals surface area (Å²) in [6.07, 6.45) is 18.1. The summed E-state index contributed by atoms with van der Waals surface area (Å²) in [4.78, 5) is 59.9. The minimum absolute atomic E-state index is 0.125. The van der Waals surface area contributed by atoms with Crippen molar-refractivity contribution >= 4 is 69.9 Å². The molecule has 2 amide bonds. The summed E-state index contributed by atoms with van der Waals surface area (Å²) in [6, 6.07) is 28.8. The summed E-state index contributed by atoms with van der Waals surface area (Å²) < 4.78 is 20.5. The van der Waals surface area contributed by atoms with Gasteiger partial charge < -0.3 is 43.4 Å². The lowest BCUT2D eigenvalue weighted by atomic mass is 10.0. The van der Waals surface area contributed by atoms with Crippen LogP contribution in [0.15, 0.2) is 132 Å². The average molecular weight is 1060 g/mol. The van der Waals surface area contributed by atoms with Gasteiger partial charge >= 0.3 is 0 Å². The summed E-state index contributed by atoms with van der Waals surface area (Å²) in [5, 5.41) is 15.4. The number of likely N-dealkylation sites (N-methyl/N-ethyl adjacent to an activating group) is 2. The van der Waals surface area contributed by atoms with E-state index < -0.39 is 5.91 Å². The number of rotatable bonds is 22. The minimum Gasteiger partial charge on any atom is -0.379 e. The van der Waals surface area contributed by atoms with E-state index in [-0.39, 0.29) is 31.6 Å². The molecule has 11 rings (SSSR count). The van der Waals surface area contributed by atoms with Crippen molar-refractivity contribution in [3.05, 3.63) is 144 Å². The fourth-order valence-electron chi connectivity index (χ4n) is 8.96. The van der Waals surface area contributed by atoms with E-state index in [1.54, 1.807) is 17.9 Å². The lowest BCUT2D eigenvalue weighted by molar-refractivity contribution is -0.200. The Morgan fingerprint density at radius 3 is 1.67 bits per heavy atom. The van der Waals surface area contributed by atoms with Gasteiger partial charge in [-0.25, -0.2) is 35.7 Å². The largest absolute Gasteiger partial charge is 0.379 e. The minimum atomic E-state index is -0.457. The third kappa shape index (κ3) is 13.5. The number of aliphatic imine (C=N–C) groups is 2. The molecular weight excluding hydrogens is 993 g/mol. The molecule has 0 radical (unpaired) electrons. The first-order valence-corrected chi connectivity index (χ1v) is 26.0. The van der Waals surface area contributed by atoms with Crippen molar-refractivity contribution in [1.82, 2.24) is 39.7 Å². The van der Waals surface area contributed by atoms with Crippen LogP contribution in [0.4, 0.5) is 34.4 Å². The van der Waals surface area contributed by atoms with Gasteiger partial charge in [0.05, 0.1) is 63.7 Å². The summed E-state index contributed by atoms with van der Waals surface area (Å²) in [7, 11) is 3.99. The highest BCUT2D eigenvalue weighted by Gasteiger charge is 2.18. The molecule has 3 aliphatic rings. The number of imidazole rings is 2. The van der Waals surface area contributed by atoms with Crippen molar-refractivity contribution in [2.75, 3.05) is 80.7 Å². The van der Waals surface area contributed by atoms with Gasteiger partial charge in [0, 0.05) is 124 Å². The van der Waals surface area contributed by atoms with Crippen LogP contribution in [0, 0.1) is 0 Å². The number of amides is 2. The first kappa shape index (κ1) is 52.8. The molecule has 0 bridgehead atoms. The monoisotopic (exact) mass is 1050 g/mol. The summed E-state index contributed by atoms with van der Waals surface area (Å²) in [6.45, 7) is 4.98. The highest BCUT2D eigenvalue weighted by atomic mass is 16.8. The Morgan fingerprint density at radius 2 is 1.18 bits per heavy atom. The van der Waals surface area contributed by atoms with Crippen LogP contribution in [0.5, 0.6) is 0 Å². The molecule has 0 aliphatic carbocycles. The van der Waals surface area contributed by atoms with E-state index in [4.69, 9.17) is 34.2 Å². The number of hydrogen-bond donors (Lipinski definition) is 5. The number of nitrogens with zero attached hydrogens (tertiary/aromatic N) is 10. The van der Waals surface area contributed by atoms with Crippen LogP contribution in [0.3, 0.4) is 0 Å². The molecule has 8 aromatic rings. The summed E-state index contributed by atoms with van der Waals surface area (Å²) in [5.41, 5.74) is 18.0. The Balaban J connectivity index is 0.000000179. The standard InChI is InChI=1S/C31H35N7O4.C26H27N7O3/c1-37(14-17-40-16-11-28(39)36-42-29-4-2-3-15-41-29)26-9-7-25(8-10-26)34-30-31-33-12-13-38(31)21-27(35-30)22-5-6-23-19-32-20-24(23)18-22;1-32(11-13-36-12-8-24(34)31-35)22-6-4-21(5-7-22)29-25-26-28-9-10-33(26)17-23(30-25)18-2-3-19-15-27-16-20(19)14-18/h5-10,12-13,18-19,21,29H,2-4,11,14-17,20H2,1H3,(H,34,35)(H,36,39);2-7,9-10,14-15,17,35H,8,11-13,16H2,1H3,(H,29,30)(H,31,34). The van der Waals surface area contributed by atoms with Gasteiger partial charge in [0.1, 0.15) is 0 Å². The van der Waals surface area contributed by atoms with Crippen molar-refractivity contribution in [3.63, 3.8) is 0 Å². The Labute approximate surface area is 450 Å². The van der Waals surface area contributed by atoms with Gasteiger partial charge in [-0.3, -0.25) is 24.8 Å². The van der Waals surface area contributed by atoms with E-state index in [0.29, 0.717) is 64.2 Å². The molecule has 21 nitrogen and oxygen atoms in total. The molecule has 0 saturated carbocycles. The van der Waals surface area contributed by atoms with Gasteiger partial charge in [0.15, 0.2) is 29.2 Å². The lowest BCUT2D eigenvalue weighted by Crippen LogP contribution is -2.33. The molecular formula is C57H62N14O7. The number of anilines is 6. The van der Waals surface area contributed by atoms with E-state index in [0.717, 1.165) is 86.9 Å². The number of benzene rings is 4. The number of ether oxygens (including phenoxy) is 3. The maximum Gasteiger partial charge on any atom is 0.245 e. The van der Waals surface area contributed by atoms with Crippen LogP contribution in [-0.4, -0.2) is 125 Å². The predicted molar refractivity (Wildman–Crippen MR) is 299 cm³/mol. The smallest absolute Gasteiger partial charge is 0.245 e. The summed E-state index contributed by atoms with van der Waals surface area (Å²) in [5.74, 6) is 0.691. The van der Waals surface area contributed by atoms with Crippen LogP contribution < -0.4 is 31.4 Å². The number of hydroxylamine groups is 2. The van der Waals surface area contributed by atoms with Crippen LogP contribution in [0.1, 0.15) is 54.4 Å². The van der Waals surface area contributed by atoms with Crippen molar-refractivity contribution < 1.29 is 33.8 Å². The number of hydrogen-bond acceptors (Lipinski definition) is 17. The van der Waals surface area contributed by atoms with Crippen molar-refractivity contribution in [2.45, 2.75) is 51.5 Å². The quantitative estimate of drug-likeness (QED) is 0.0247. The van der Waals surface area contributed by atoms with E-state index in [2.05, 4.69) is 82.3 Å². The van der Waals surface area contributed by atoms with Crippen molar-refractivity contribution in [1.29, 1.82) is 0 Å². The third-order valence-corrected chi connectivity index (χ3v) is 13.4. The second kappa shape index (κ2) is 25.5. The molecule has 1 unspecified atom stereocenters. The highest BCUT2D eigenvalue weighted by Crippen LogP contribution is 2.30. The van der Waals surface area contributed by atoms with E-state index in [1.165, 1.54) is 11.1 Å². The van der Waals surface area contributed by atoms with Crippen LogP contribution >= 0.6 is 0 Å². The maximum absolute atomic E-state index is 12.0. The van der Waals surface area contributed by atoms with E-state index in [1.807, 2.05) is 109 Å². The second-order valence-electron chi connectivity index (χ2n) is 18.9. The average Bonchev–Trinajstić information content (AvgIpc) is 4.38.